The molecular weight excluding hydrogens is 259 g/mol. The Kier molecular flexibility index (Phi) is 4.24. The molecule has 1 aromatic carbocycles. The lowest BCUT2D eigenvalue weighted by Crippen LogP contribution is -2.15. The predicted octanol–water partition coefficient (Wildman–Crippen LogP) is 2.69. The molecular formula is C14H15FN4O. The number of nitrogens with one attached hydrogen (secondary N) is 2. The second kappa shape index (κ2) is 6.10. The fourth-order valence-corrected chi connectivity index (χ4v) is 1.51. The molecule has 6 heteroatoms. The lowest BCUT2D eigenvalue weighted by atomic mass is 10.2. The summed E-state index contributed by atoms with van der Waals surface area (Å²) < 4.78 is 12.8. The summed E-state index contributed by atoms with van der Waals surface area (Å²) >= 11 is 0. The molecule has 0 bridgehead atoms. The normalized spacial score (nSPS) is 10.4. The van der Waals surface area contributed by atoms with E-state index in [4.69, 9.17) is 0 Å². The van der Waals surface area contributed by atoms with Gasteiger partial charge in [0.15, 0.2) is 0 Å². The zero-order chi connectivity index (χ0) is 14.5. The Morgan fingerprint density at radius 1 is 1.15 bits per heavy atom. The number of benzene rings is 1. The number of hydrogen-bond acceptors (Lipinski definition) is 4. The maximum Gasteiger partial charge on any atom is 0.258 e. The van der Waals surface area contributed by atoms with Crippen LogP contribution in [0.5, 0.6) is 0 Å². The molecule has 0 atom stereocenters. The quantitative estimate of drug-likeness (QED) is 0.899. The fourth-order valence-electron chi connectivity index (χ4n) is 1.51. The third kappa shape index (κ3) is 3.74. The van der Waals surface area contributed by atoms with Gasteiger partial charge < -0.3 is 10.6 Å². The Hall–Kier alpha value is -2.50. The van der Waals surface area contributed by atoms with Crippen LogP contribution in [0.3, 0.4) is 0 Å². The molecule has 104 valence electrons. The first-order valence-electron chi connectivity index (χ1n) is 6.20. The zero-order valence-corrected chi connectivity index (χ0v) is 11.2. The molecule has 2 rings (SSSR count). The van der Waals surface area contributed by atoms with Gasteiger partial charge in [0, 0.05) is 24.1 Å². The SMILES string of the molecule is CC(C)Nc1ncc(C(=O)Nc2ccc(F)cc2)cn1. The van der Waals surface area contributed by atoms with Crippen molar-refractivity contribution < 1.29 is 9.18 Å². The van der Waals surface area contributed by atoms with Crippen molar-refractivity contribution in [3.8, 4) is 0 Å². The number of carbonyl (C=O) groups is 1. The van der Waals surface area contributed by atoms with E-state index in [2.05, 4.69) is 20.6 Å². The average molecular weight is 274 g/mol. The van der Waals surface area contributed by atoms with Gasteiger partial charge in [-0.25, -0.2) is 14.4 Å². The topological polar surface area (TPSA) is 66.9 Å². The first-order chi connectivity index (χ1) is 9.54. The van der Waals surface area contributed by atoms with Crippen molar-refractivity contribution in [3.63, 3.8) is 0 Å². The molecule has 2 N–H and O–H groups in total. The van der Waals surface area contributed by atoms with Crippen LogP contribution < -0.4 is 10.6 Å². The lowest BCUT2D eigenvalue weighted by Gasteiger charge is -2.08. The van der Waals surface area contributed by atoms with Crippen LogP contribution in [0.15, 0.2) is 36.7 Å². The smallest absolute Gasteiger partial charge is 0.258 e. The van der Waals surface area contributed by atoms with Crippen LogP contribution >= 0.6 is 0 Å². The van der Waals surface area contributed by atoms with Gasteiger partial charge in [0.2, 0.25) is 5.95 Å². The Morgan fingerprint density at radius 2 is 1.75 bits per heavy atom. The van der Waals surface area contributed by atoms with E-state index in [1.54, 1.807) is 0 Å². The van der Waals surface area contributed by atoms with Crippen LogP contribution in [0.2, 0.25) is 0 Å². The van der Waals surface area contributed by atoms with Crippen molar-refractivity contribution in [2.45, 2.75) is 19.9 Å². The number of anilines is 2. The van der Waals surface area contributed by atoms with Crippen molar-refractivity contribution in [1.82, 2.24) is 9.97 Å². The monoisotopic (exact) mass is 274 g/mol. The molecule has 1 amide bonds. The summed E-state index contributed by atoms with van der Waals surface area (Å²) in [6.07, 6.45) is 2.88. The highest BCUT2D eigenvalue weighted by molar-refractivity contribution is 6.03. The molecule has 2 aromatic rings. The van der Waals surface area contributed by atoms with Crippen LogP contribution in [-0.4, -0.2) is 21.9 Å². The van der Waals surface area contributed by atoms with E-state index in [0.29, 0.717) is 17.2 Å². The summed E-state index contributed by atoms with van der Waals surface area (Å²) in [7, 11) is 0. The largest absolute Gasteiger partial charge is 0.352 e. The van der Waals surface area contributed by atoms with Crippen LogP contribution in [-0.2, 0) is 0 Å². The van der Waals surface area contributed by atoms with Gasteiger partial charge in [-0.05, 0) is 38.1 Å². The van der Waals surface area contributed by atoms with E-state index in [0.717, 1.165) is 0 Å². The van der Waals surface area contributed by atoms with E-state index >= 15 is 0 Å². The minimum atomic E-state index is -0.351. The molecule has 0 aliphatic carbocycles. The molecule has 0 unspecified atom stereocenters. The van der Waals surface area contributed by atoms with E-state index in [9.17, 15) is 9.18 Å². The lowest BCUT2D eigenvalue weighted by molar-refractivity contribution is 0.102. The van der Waals surface area contributed by atoms with Gasteiger partial charge in [-0.15, -0.1) is 0 Å². The predicted molar refractivity (Wildman–Crippen MR) is 75.1 cm³/mol. The van der Waals surface area contributed by atoms with Gasteiger partial charge in [0.05, 0.1) is 5.56 Å². The van der Waals surface area contributed by atoms with Gasteiger partial charge in [0.1, 0.15) is 5.82 Å². The van der Waals surface area contributed by atoms with Gasteiger partial charge in [-0.1, -0.05) is 0 Å². The molecule has 0 spiro atoms. The molecule has 1 aromatic heterocycles. The first kappa shape index (κ1) is 13.9. The summed E-state index contributed by atoms with van der Waals surface area (Å²) in [6, 6.07) is 5.75. The van der Waals surface area contributed by atoms with E-state index < -0.39 is 0 Å². The van der Waals surface area contributed by atoms with Crippen molar-refractivity contribution in [3.05, 3.63) is 48.0 Å². The fraction of sp³-hybridized carbons (Fsp3) is 0.214. The highest BCUT2D eigenvalue weighted by Gasteiger charge is 2.08. The van der Waals surface area contributed by atoms with Gasteiger partial charge in [-0.3, -0.25) is 4.79 Å². The van der Waals surface area contributed by atoms with Crippen molar-refractivity contribution in [1.29, 1.82) is 0 Å². The molecule has 0 fully saturated rings. The molecule has 0 aliphatic heterocycles. The zero-order valence-electron chi connectivity index (χ0n) is 11.2. The van der Waals surface area contributed by atoms with Crippen LogP contribution in [0.4, 0.5) is 16.0 Å². The maximum atomic E-state index is 12.8. The number of nitrogens with zero attached hydrogens (tertiary/aromatic N) is 2. The summed E-state index contributed by atoms with van der Waals surface area (Å²) in [5.74, 6) is -0.221. The highest BCUT2D eigenvalue weighted by Crippen LogP contribution is 2.10. The summed E-state index contributed by atoms with van der Waals surface area (Å²) in [6.45, 7) is 3.94. The van der Waals surface area contributed by atoms with E-state index in [-0.39, 0.29) is 17.8 Å². The third-order valence-electron chi connectivity index (χ3n) is 2.43. The Bertz CT molecular complexity index is 581. The second-order valence-electron chi connectivity index (χ2n) is 4.56. The molecule has 0 aliphatic rings. The minimum absolute atomic E-state index is 0.217. The highest BCUT2D eigenvalue weighted by atomic mass is 19.1. The van der Waals surface area contributed by atoms with Crippen molar-refractivity contribution in [2.24, 2.45) is 0 Å². The number of hydrogen-bond donors (Lipinski definition) is 2. The number of amides is 1. The molecule has 1 heterocycles. The minimum Gasteiger partial charge on any atom is -0.352 e. The summed E-state index contributed by atoms with van der Waals surface area (Å²) in [4.78, 5) is 20.0. The van der Waals surface area contributed by atoms with Gasteiger partial charge in [-0.2, -0.15) is 0 Å². The first-order valence-corrected chi connectivity index (χ1v) is 6.20. The summed E-state index contributed by atoms with van der Waals surface area (Å²) in [5.41, 5.74) is 0.851. The van der Waals surface area contributed by atoms with Crippen LogP contribution in [0, 0.1) is 5.82 Å². The Morgan fingerprint density at radius 3 is 2.30 bits per heavy atom. The molecule has 0 radical (unpaired) electrons. The molecule has 20 heavy (non-hydrogen) atoms. The maximum absolute atomic E-state index is 12.8. The van der Waals surface area contributed by atoms with Gasteiger partial charge >= 0.3 is 0 Å². The molecule has 5 nitrogen and oxygen atoms in total. The molecule has 0 saturated carbocycles. The Labute approximate surface area is 116 Å². The third-order valence-corrected chi connectivity index (χ3v) is 2.43. The number of aromatic nitrogens is 2. The van der Waals surface area contributed by atoms with Crippen LogP contribution in [0.25, 0.3) is 0 Å². The van der Waals surface area contributed by atoms with E-state index in [1.807, 2.05) is 13.8 Å². The van der Waals surface area contributed by atoms with Crippen LogP contribution in [0.1, 0.15) is 24.2 Å². The standard InChI is InChI=1S/C14H15FN4O/c1-9(2)18-14-16-7-10(8-17-14)13(20)19-12-5-3-11(15)4-6-12/h3-9H,1-2H3,(H,19,20)(H,16,17,18). The van der Waals surface area contributed by atoms with E-state index in [1.165, 1.54) is 36.7 Å². The van der Waals surface area contributed by atoms with Crippen molar-refractivity contribution in [2.75, 3.05) is 10.6 Å². The second-order valence-corrected chi connectivity index (χ2v) is 4.56. The van der Waals surface area contributed by atoms with Crippen molar-refractivity contribution >= 4 is 17.5 Å². The summed E-state index contributed by atoms with van der Waals surface area (Å²) in [5, 5.41) is 5.67. The average Bonchev–Trinajstić information content (AvgIpc) is 2.41. The van der Waals surface area contributed by atoms with Gasteiger partial charge in [0.25, 0.3) is 5.91 Å². The number of rotatable bonds is 4. The number of carbonyl (C=O) groups excluding carboxylic acids is 1. The number of halogens is 1. The molecule has 0 saturated heterocycles. The Balaban J connectivity index is 2.03.